The van der Waals surface area contributed by atoms with E-state index in [4.69, 9.17) is 4.74 Å². The molecular weight excluding hydrogens is 172 g/mol. The van der Waals surface area contributed by atoms with Gasteiger partial charge in [-0.1, -0.05) is 18.2 Å². The normalized spacial score (nSPS) is 10.0. The van der Waals surface area contributed by atoms with E-state index in [0.29, 0.717) is 0 Å². The van der Waals surface area contributed by atoms with Gasteiger partial charge in [0.2, 0.25) is 0 Å². The Morgan fingerprint density at radius 3 is 2.50 bits per heavy atom. The minimum Gasteiger partial charge on any atom is -0.496 e. The third-order valence-corrected chi connectivity index (χ3v) is 2.32. The Bertz CT molecular complexity index is 350. The van der Waals surface area contributed by atoms with Crippen molar-refractivity contribution in [1.29, 1.82) is 0 Å². The van der Waals surface area contributed by atoms with Gasteiger partial charge in [-0.3, -0.25) is 0 Å². The molecule has 0 radical (unpaired) electrons. The number of aryl methyl sites for hydroxylation is 1. The van der Waals surface area contributed by atoms with Crippen LogP contribution in [0.1, 0.15) is 23.6 Å². The fourth-order valence-corrected chi connectivity index (χ4v) is 1.62. The molecule has 0 saturated heterocycles. The average molecular weight is 190 g/mol. The zero-order valence-corrected chi connectivity index (χ0v) is 9.48. The minimum absolute atomic E-state index is 0.934. The van der Waals surface area contributed by atoms with E-state index in [-0.39, 0.29) is 0 Å². The van der Waals surface area contributed by atoms with Gasteiger partial charge in [0.15, 0.2) is 0 Å². The Morgan fingerprint density at radius 2 is 2.00 bits per heavy atom. The third kappa shape index (κ3) is 2.38. The molecule has 1 heteroatoms. The smallest absolute Gasteiger partial charge is 0.122 e. The van der Waals surface area contributed by atoms with Crippen molar-refractivity contribution in [2.45, 2.75) is 27.2 Å². The lowest BCUT2D eigenvalue weighted by molar-refractivity contribution is 0.411. The maximum absolute atomic E-state index is 5.32. The molecule has 0 aliphatic rings. The average Bonchev–Trinajstić information content (AvgIpc) is 2.09. The third-order valence-electron chi connectivity index (χ3n) is 2.32. The van der Waals surface area contributed by atoms with Gasteiger partial charge < -0.3 is 4.74 Å². The molecule has 0 aliphatic carbocycles. The molecule has 1 aromatic rings. The summed E-state index contributed by atoms with van der Waals surface area (Å²) in [7, 11) is 1.71. The summed E-state index contributed by atoms with van der Waals surface area (Å²) in [6, 6.07) is 4.27. The first-order chi connectivity index (χ1) is 6.54. The van der Waals surface area contributed by atoms with Gasteiger partial charge in [0, 0.05) is 0 Å². The number of rotatable bonds is 3. The molecule has 0 amide bonds. The maximum atomic E-state index is 5.32. The Balaban J connectivity index is 3.15. The molecule has 1 nitrogen and oxygen atoms in total. The van der Waals surface area contributed by atoms with Crippen molar-refractivity contribution in [2.24, 2.45) is 0 Å². The molecule has 76 valence electrons. The Labute approximate surface area is 86.4 Å². The molecule has 0 fully saturated rings. The summed E-state index contributed by atoms with van der Waals surface area (Å²) in [5, 5.41) is 0. The fourth-order valence-electron chi connectivity index (χ4n) is 1.62. The lowest BCUT2D eigenvalue weighted by atomic mass is 9.99. The molecule has 0 aromatic heterocycles. The molecule has 0 aliphatic heterocycles. The summed E-state index contributed by atoms with van der Waals surface area (Å²) in [5.41, 5.74) is 4.96. The van der Waals surface area contributed by atoms with Crippen LogP contribution >= 0.6 is 0 Å². The molecule has 0 atom stereocenters. The summed E-state index contributed by atoms with van der Waals surface area (Å²) >= 11 is 0. The van der Waals surface area contributed by atoms with Gasteiger partial charge in [0.25, 0.3) is 0 Å². The number of hydrogen-bond acceptors (Lipinski definition) is 1. The van der Waals surface area contributed by atoms with Crippen LogP contribution in [0.2, 0.25) is 0 Å². The highest BCUT2D eigenvalue weighted by molar-refractivity contribution is 5.43. The maximum Gasteiger partial charge on any atom is 0.122 e. The molecule has 0 bridgehead atoms. The predicted octanol–water partition coefficient (Wildman–Crippen LogP) is 3.43. The zero-order chi connectivity index (χ0) is 10.7. The van der Waals surface area contributed by atoms with Gasteiger partial charge in [-0.2, -0.15) is 0 Å². The van der Waals surface area contributed by atoms with Crippen molar-refractivity contribution in [1.82, 2.24) is 0 Å². The van der Waals surface area contributed by atoms with Gasteiger partial charge in [0.1, 0.15) is 5.75 Å². The van der Waals surface area contributed by atoms with Gasteiger partial charge in [-0.25, -0.2) is 0 Å². The molecule has 0 spiro atoms. The minimum atomic E-state index is 0.934. The van der Waals surface area contributed by atoms with E-state index >= 15 is 0 Å². The van der Waals surface area contributed by atoms with Crippen LogP contribution in [0.5, 0.6) is 5.75 Å². The first-order valence-electron chi connectivity index (χ1n) is 4.83. The first kappa shape index (κ1) is 10.8. The van der Waals surface area contributed by atoms with Crippen LogP contribution in [0.3, 0.4) is 0 Å². The SMILES string of the molecule is C=C(C)Cc1cc(C)cc(OC)c1C. The number of methoxy groups -OCH3 is 1. The number of hydrogen-bond donors (Lipinski definition) is 0. The Kier molecular flexibility index (Phi) is 3.34. The molecule has 0 unspecified atom stereocenters. The van der Waals surface area contributed by atoms with Crippen molar-refractivity contribution >= 4 is 0 Å². The predicted molar refractivity (Wildman–Crippen MR) is 61.0 cm³/mol. The number of allylic oxidation sites excluding steroid dienone is 1. The Hall–Kier alpha value is -1.24. The summed E-state index contributed by atoms with van der Waals surface area (Å²) in [6.07, 6.45) is 0.934. The van der Waals surface area contributed by atoms with Crippen LogP contribution in [0, 0.1) is 13.8 Å². The number of ether oxygens (including phenoxy) is 1. The fraction of sp³-hybridized carbons (Fsp3) is 0.385. The van der Waals surface area contributed by atoms with Crippen LogP contribution in [-0.4, -0.2) is 7.11 Å². The lowest BCUT2D eigenvalue weighted by Gasteiger charge is -2.11. The highest BCUT2D eigenvalue weighted by Crippen LogP contribution is 2.24. The van der Waals surface area contributed by atoms with Gasteiger partial charge >= 0.3 is 0 Å². The van der Waals surface area contributed by atoms with E-state index in [0.717, 1.165) is 12.2 Å². The standard InChI is InChI=1S/C13H18O/c1-9(2)6-12-7-10(3)8-13(14-5)11(12)4/h7-8H,1,6H2,2-5H3. The van der Waals surface area contributed by atoms with Gasteiger partial charge in [-0.05, 0) is 49.9 Å². The highest BCUT2D eigenvalue weighted by atomic mass is 16.5. The van der Waals surface area contributed by atoms with Crippen LogP contribution in [0.25, 0.3) is 0 Å². The van der Waals surface area contributed by atoms with Crippen molar-refractivity contribution in [3.63, 3.8) is 0 Å². The summed E-state index contributed by atoms with van der Waals surface area (Å²) < 4.78 is 5.32. The van der Waals surface area contributed by atoms with Crippen LogP contribution in [0.4, 0.5) is 0 Å². The second-order valence-corrected chi connectivity index (χ2v) is 3.89. The van der Waals surface area contributed by atoms with E-state index < -0.39 is 0 Å². The van der Waals surface area contributed by atoms with Crippen molar-refractivity contribution in [3.8, 4) is 5.75 Å². The van der Waals surface area contributed by atoms with Crippen LogP contribution in [-0.2, 0) is 6.42 Å². The molecule has 1 rings (SSSR count). The second kappa shape index (κ2) is 4.32. The summed E-state index contributed by atoms with van der Waals surface area (Å²) in [6.45, 7) is 10.2. The van der Waals surface area contributed by atoms with Gasteiger partial charge in [-0.15, -0.1) is 0 Å². The van der Waals surface area contributed by atoms with E-state index in [1.807, 2.05) is 6.92 Å². The van der Waals surface area contributed by atoms with E-state index in [9.17, 15) is 0 Å². The quantitative estimate of drug-likeness (QED) is 0.663. The highest BCUT2D eigenvalue weighted by Gasteiger charge is 2.05. The zero-order valence-electron chi connectivity index (χ0n) is 9.48. The molecule has 0 heterocycles. The summed E-state index contributed by atoms with van der Waals surface area (Å²) in [5.74, 6) is 0.973. The lowest BCUT2D eigenvalue weighted by Crippen LogP contribution is -1.96. The van der Waals surface area contributed by atoms with Crippen LogP contribution < -0.4 is 4.74 Å². The Morgan fingerprint density at radius 1 is 1.36 bits per heavy atom. The van der Waals surface area contributed by atoms with E-state index in [1.165, 1.54) is 22.3 Å². The molecule has 14 heavy (non-hydrogen) atoms. The van der Waals surface area contributed by atoms with Crippen LogP contribution in [0.15, 0.2) is 24.3 Å². The molecule has 0 N–H and O–H groups in total. The number of benzene rings is 1. The van der Waals surface area contributed by atoms with Crippen molar-refractivity contribution in [2.75, 3.05) is 7.11 Å². The molecular formula is C13H18O. The largest absolute Gasteiger partial charge is 0.496 e. The van der Waals surface area contributed by atoms with E-state index in [1.54, 1.807) is 7.11 Å². The second-order valence-electron chi connectivity index (χ2n) is 3.89. The first-order valence-corrected chi connectivity index (χ1v) is 4.83. The van der Waals surface area contributed by atoms with E-state index in [2.05, 4.69) is 32.6 Å². The van der Waals surface area contributed by atoms with Gasteiger partial charge in [0.05, 0.1) is 7.11 Å². The topological polar surface area (TPSA) is 9.23 Å². The van der Waals surface area contributed by atoms with Crippen molar-refractivity contribution < 1.29 is 4.74 Å². The summed E-state index contributed by atoms with van der Waals surface area (Å²) in [4.78, 5) is 0. The molecule has 0 saturated carbocycles. The monoisotopic (exact) mass is 190 g/mol. The van der Waals surface area contributed by atoms with Crippen molar-refractivity contribution in [3.05, 3.63) is 41.0 Å². The molecule has 1 aromatic carbocycles.